The maximum Gasteiger partial charge on any atom is 0.0408 e. The largest absolute Gasteiger partial charge is 0.319 e. The monoisotopic (exact) mass is 252 g/mol. The van der Waals surface area contributed by atoms with Gasteiger partial charge in [-0.15, -0.1) is 0 Å². The molecule has 1 aliphatic heterocycles. The van der Waals surface area contributed by atoms with E-state index in [4.69, 9.17) is 11.6 Å². The first-order valence-electron chi connectivity index (χ1n) is 6.42. The van der Waals surface area contributed by atoms with E-state index in [9.17, 15) is 0 Å². The Hall–Kier alpha value is -0.570. The molecule has 1 atom stereocenters. The zero-order valence-corrected chi connectivity index (χ0v) is 11.1. The van der Waals surface area contributed by atoms with Crippen molar-refractivity contribution in [2.75, 3.05) is 26.7 Å². The quantitative estimate of drug-likeness (QED) is 0.861. The van der Waals surface area contributed by atoms with Crippen LogP contribution in [-0.4, -0.2) is 26.7 Å². The van der Waals surface area contributed by atoms with Crippen molar-refractivity contribution in [1.82, 2.24) is 10.6 Å². The van der Waals surface area contributed by atoms with Gasteiger partial charge in [0.2, 0.25) is 0 Å². The number of likely N-dealkylation sites (N-methyl/N-ethyl adjacent to an activating group) is 1. The maximum atomic E-state index is 6.10. The highest BCUT2D eigenvalue weighted by molar-refractivity contribution is 6.30. The fraction of sp³-hybridized carbons (Fsp3) is 0.571. The minimum absolute atomic E-state index is 0.584. The molecule has 17 heavy (non-hydrogen) atoms. The summed E-state index contributed by atoms with van der Waals surface area (Å²) in [6, 6.07) is 8.33. The van der Waals surface area contributed by atoms with Crippen LogP contribution >= 0.6 is 11.6 Å². The molecule has 0 amide bonds. The minimum atomic E-state index is 0.584. The van der Waals surface area contributed by atoms with Gasteiger partial charge in [0.05, 0.1) is 0 Å². The van der Waals surface area contributed by atoms with Gasteiger partial charge in [-0.05, 0) is 62.5 Å². The third-order valence-electron chi connectivity index (χ3n) is 3.65. The molecule has 1 aromatic rings. The zero-order valence-electron chi connectivity index (χ0n) is 10.4. The summed E-state index contributed by atoms with van der Waals surface area (Å²) in [6.45, 7) is 3.32. The topological polar surface area (TPSA) is 24.1 Å². The molecule has 2 nitrogen and oxygen atoms in total. The SMILES string of the molecule is CNCC(c1cccc(Cl)c1)C1CCNCC1. The predicted octanol–water partition coefficient (Wildman–Crippen LogP) is 2.64. The average molecular weight is 253 g/mol. The van der Waals surface area contributed by atoms with Gasteiger partial charge in [-0.3, -0.25) is 0 Å². The summed E-state index contributed by atoms with van der Waals surface area (Å²) in [7, 11) is 2.03. The lowest BCUT2D eigenvalue weighted by Gasteiger charge is -2.31. The molecular weight excluding hydrogens is 232 g/mol. The molecular formula is C14H21ClN2. The Labute approximate surface area is 109 Å². The first-order chi connectivity index (χ1) is 8.31. The standard InChI is InChI=1S/C14H21ClN2/c1-16-10-14(11-5-7-17-8-6-11)12-3-2-4-13(15)9-12/h2-4,9,11,14,16-17H,5-8,10H2,1H3. The van der Waals surface area contributed by atoms with Crippen molar-refractivity contribution in [2.24, 2.45) is 5.92 Å². The van der Waals surface area contributed by atoms with Crippen molar-refractivity contribution in [3.05, 3.63) is 34.9 Å². The van der Waals surface area contributed by atoms with Crippen LogP contribution in [0.25, 0.3) is 0 Å². The first kappa shape index (κ1) is 12.9. The lowest BCUT2D eigenvalue weighted by molar-refractivity contribution is 0.313. The van der Waals surface area contributed by atoms with Crippen LogP contribution in [0.2, 0.25) is 5.02 Å². The van der Waals surface area contributed by atoms with Crippen LogP contribution in [0.3, 0.4) is 0 Å². The van der Waals surface area contributed by atoms with E-state index in [1.165, 1.54) is 18.4 Å². The third kappa shape index (κ3) is 3.44. The molecule has 2 N–H and O–H groups in total. The number of hydrogen-bond donors (Lipinski definition) is 2. The van der Waals surface area contributed by atoms with Gasteiger partial charge in [-0.2, -0.15) is 0 Å². The minimum Gasteiger partial charge on any atom is -0.319 e. The van der Waals surface area contributed by atoms with Crippen molar-refractivity contribution in [3.8, 4) is 0 Å². The molecule has 0 aromatic heterocycles. The van der Waals surface area contributed by atoms with Crippen LogP contribution in [0, 0.1) is 5.92 Å². The number of rotatable bonds is 4. The van der Waals surface area contributed by atoms with Crippen LogP contribution in [0.4, 0.5) is 0 Å². The molecule has 94 valence electrons. The molecule has 0 radical (unpaired) electrons. The van der Waals surface area contributed by atoms with E-state index in [0.717, 1.165) is 30.6 Å². The van der Waals surface area contributed by atoms with Gasteiger partial charge in [0.15, 0.2) is 0 Å². The molecule has 1 heterocycles. The Morgan fingerprint density at radius 3 is 2.82 bits per heavy atom. The average Bonchev–Trinajstić information content (AvgIpc) is 2.37. The molecule has 0 aliphatic carbocycles. The van der Waals surface area contributed by atoms with Crippen LogP contribution in [0.15, 0.2) is 24.3 Å². The molecule has 1 aliphatic rings. The van der Waals surface area contributed by atoms with Gasteiger partial charge < -0.3 is 10.6 Å². The Kier molecular flexibility index (Phi) is 4.84. The van der Waals surface area contributed by atoms with Gasteiger partial charge in [0, 0.05) is 11.6 Å². The van der Waals surface area contributed by atoms with Gasteiger partial charge >= 0.3 is 0 Å². The van der Waals surface area contributed by atoms with E-state index < -0.39 is 0 Å². The van der Waals surface area contributed by atoms with Crippen LogP contribution < -0.4 is 10.6 Å². The fourth-order valence-electron chi connectivity index (χ4n) is 2.76. The number of nitrogens with one attached hydrogen (secondary N) is 2. The van der Waals surface area contributed by atoms with Crippen molar-refractivity contribution in [1.29, 1.82) is 0 Å². The normalized spacial score (nSPS) is 19.2. The van der Waals surface area contributed by atoms with E-state index in [1.807, 2.05) is 13.1 Å². The molecule has 0 saturated carbocycles. The molecule has 1 unspecified atom stereocenters. The summed E-state index contributed by atoms with van der Waals surface area (Å²) in [5.41, 5.74) is 1.37. The van der Waals surface area contributed by atoms with E-state index in [-0.39, 0.29) is 0 Å². The predicted molar refractivity (Wildman–Crippen MR) is 73.7 cm³/mol. The van der Waals surface area contributed by atoms with Crippen molar-refractivity contribution in [2.45, 2.75) is 18.8 Å². The van der Waals surface area contributed by atoms with E-state index >= 15 is 0 Å². The van der Waals surface area contributed by atoms with Gasteiger partial charge in [0.1, 0.15) is 0 Å². The lowest BCUT2D eigenvalue weighted by atomic mass is 9.80. The van der Waals surface area contributed by atoms with Gasteiger partial charge in [-0.1, -0.05) is 23.7 Å². The Morgan fingerprint density at radius 2 is 2.18 bits per heavy atom. The van der Waals surface area contributed by atoms with E-state index in [2.05, 4.69) is 28.8 Å². The highest BCUT2D eigenvalue weighted by Gasteiger charge is 2.24. The Balaban J connectivity index is 2.15. The Bertz CT molecular complexity index is 348. The van der Waals surface area contributed by atoms with E-state index in [1.54, 1.807) is 0 Å². The van der Waals surface area contributed by atoms with Crippen molar-refractivity contribution < 1.29 is 0 Å². The van der Waals surface area contributed by atoms with Crippen LogP contribution in [0.5, 0.6) is 0 Å². The van der Waals surface area contributed by atoms with Crippen molar-refractivity contribution in [3.63, 3.8) is 0 Å². The van der Waals surface area contributed by atoms with E-state index in [0.29, 0.717) is 5.92 Å². The second-order valence-corrected chi connectivity index (χ2v) is 5.24. The van der Waals surface area contributed by atoms with Crippen molar-refractivity contribution >= 4 is 11.6 Å². The molecule has 3 heteroatoms. The van der Waals surface area contributed by atoms with Crippen LogP contribution in [0.1, 0.15) is 24.3 Å². The maximum absolute atomic E-state index is 6.10. The molecule has 1 aromatic carbocycles. The summed E-state index contributed by atoms with van der Waals surface area (Å²) < 4.78 is 0. The second-order valence-electron chi connectivity index (χ2n) is 4.81. The summed E-state index contributed by atoms with van der Waals surface area (Å²) >= 11 is 6.10. The third-order valence-corrected chi connectivity index (χ3v) is 3.89. The lowest BCUT2D eigenvalue weighted by Crippen LogP contribution is -2.34. The summed E-state index contributed by atoms with van der Waals surface area (Å²) in [4.78, 5) is 0. The number of benzene rings is 1. The zero-order chi connectivity index (χ0) is 12.1. The molecule has 0 spiro atoms. The summed E-state index contributed by atoms with van der Waals surface area (Å²) in [5, 5.41) is 7.59. The molecule has 2 rings (SSSR count). The molecule has 0 bridgehead atoms. The summed E-state index contributed by atoms with van der Waals surface area (Å²) in [6.07, 6.45) is 2.53. The van der Waals surface area contributed by atoms with Gasteiger partial charge in [-0.25, -0.2) is 0 Å². The van der Waals surface area contributed by atoms with Gasteiger partial charge in [0.25, 0.3) is 0 Å². The molecule has 1 fully saturated rings. The smallest absolute Gasteiger partial charge is 0.0408 e. The summed E-state index contributed by atoms with van der Waals surface area (Å²) in [5.74, 6) is 1.35. The second kappa shape index (κ2) is 6.39. The number of hydrogen-bond acceptors (Lipinski definition) is 2. The van der Waals surface area contributed by atoms with Crippen LogP contribution in [-0.2, 0) is 0 Å². The highest BCUT2D eigenvalue weighted by atomic mass is 35.5. The number of halogens is 1. The fourth-order valence-corrected chi connectivity index (χ4v) is 2.96. The molecule has 1 saturated heterocycles. The highest BCUT2D eigenvalue weighted by Crippen LogP contribution is 2.31. The first-order valence-corrected chi connectivity index (χ1v) is 6.80. The number of piperidine rings is 1. The Morgan fingerprint density at radius 1 is 1.41 bits per heavy atom.